The first kappa shape index (κ1) is 14.3. The van der Waals surface area contributed by atoms with Gasteiger partial charge in [0.1, 0.15) is 23.3 Å². The smallest absolute Gasteiger partial charge is 0.204 e. The molecule has 6 heteroatoms. The number of rotatable bonds is 4. The lowest BCUT2D eigenvalue weighted by molar-refractivity contribution is -0.0402. The van der Waals surface area contributed by atoms with Crippen molar-refractivity contribution in [2.24, 2.45) is 5.73 Å². The molecule has 1 aliphatic rings. The van der Waals surface area contributed by atoms with Crippen LogP contribution in [0.25, 0.3) is 11.0 Å². The van der Waals surface area contributed by atoms with Crippen molar-refractivity contribution < 1.29 is 13.9 Å². The monoisotopic (exact) mass is 306 g/mol. The Labute approximate surface area is 128 Å². The number of fused-ring (bicyclic) bond motifs is 1. The molecule has 1 unspecified atom stereocenters. The third-order valence-electron chi connectivity index (χ3n) is 3.53. The maximum absolute atomic E-state index is 5.93. The number of morpholine rings is 1. The summed E-state index contributed by atoms with van der Waals surface area (Å²) >= 11 is 5.04. The highest BCUT2D eigenvalue weighted by atomic mass is 32.1. The van der Waals surface area contributed by atoms with Gasteiger partial charge < -0.3 is 24.5 Å². The molecule has 21 heavy (non-hydrogen) atoms. The molecule has 112 valence electrons. The molecule has 3 rings (SSSR count). The lowest BCUT2D eigenvalue weighted by Gasteiger charge is -2.29. The molecule has 0 radical (unpaired) electrons. The second kappa shape index (κ2) is 6.01. The fourth-order valence-electron chi connectivity index (χ4n) is 2.47. The van der Waals surface area contributed by atoms with Gasteiger partial charge in [0.05, 0.1) is 12.0 Å². The van der Waals surface area contributed by atoms with Crippen molar-refractivity contribution in [3.63, 3.8) is 0 Å². The van der Waals surface area contributed by atoms with E-state index < -0.39 is 0 Å². The number of hydrogen-bond acceptors (Lipinski definition) is 5. The quantitative estimate of drug-likeness (QED) is 0.869. The highest BCUT2D eigenvalue weighted by Crippen LogP contribution is 2.33. The number of thiocarbonyl (C=S) groups is 1. The molecule has 1 aromatic carbocycles. The number of nitrogens with zero attached hydrogens (tertiary/aromatic N) is 1. The number of benzene rings is 1. The second-order valence-corrected chi connectivity index (χ2v) is 5.63. The van der Waals surface area contributed by atoms with Crippen LogP contribution in [0.4, 0.5) is 0 Å². The third-order valence-corrected chi connectivity index (χ3v) is 3.71. The van der Waals surface area contributed by atoms with Crippen LogP contribution in [0.2, 0.25) is 0 Å². The van der Waals surface area contributed by atoms with Crippen molar-refractivity contribution in [2.45, 2.75) is 6.10 Å². The molecule has 0 amide bonds. The molecule has 0 spiro atoms. The van der Waals surface area contributed by atoms with Crippen molar-refractivity contribution in [1.82, 2.24) is 4.90 Å². The fraction of sp³-hybridized carbons (Fsp3) is 0.400. The van der Waals surface area contributed by atoms with E-state index in [0.29, 0.717) is 18.1 Å². The summed E-state index contributed by atoms with van der Waals surface area (Å²) in [6.07, 6.45) is 0.0385. The van der Waals surface area contributed by atoms with E-state index in [-0.39, 0.29) is 11.1 Å². The zero-order valence-electron chi connectivity index (χ0n) is 11.9. The van der Waals surface area contributed by atoms with Crippen LogP contribution in [0.3, 0.4) is 0 Å². The predicted molar refractivity (Wildman–Crippen MR) is 84.8 cm³/mol. The fourth-order valence-corrected chi connectivity index (χ4v) is 2.61. The molecule has 2 heterocycles. The van der Waals surface area contributed by atoms with Gasteiger partial charge >= 0.3 is 0 Å². The Morgan fingerprint density at radius 1 is 1.48 bits per heavy atom. The lowest BCUT2D eigenvalue weighted by Crippen LogP contribution is -2.42. The van der Waals surface area contributed by atoms with Crippen LogP contribution in [0.5, 0.6) is 5.75 Å². The molecule has 2 aromatic rings. The molecule has 0 bridgehead atoms. The summed E-state index contributed by atoms with van der Waals surface area (Å²) in [6.45, 7) is 2.96. The molecule has 1 saturated heterocycles. The molecule has 1 atom stereocenters. The first-order valence-corrected chi connectivity index (χ1v) is 7.30. The third kappa shape index (κ3) is 3.02. The van der Waals surface area contributed by atoms with Gasteiger partial charge in [-0.3, -0.25) is 0 Å². The Kier molecular flexibility index (Phi) is 4.10. The van der Waals surface area contributed by atoms with Crippen LogP contribution in [0.1, 0.15) is 5.76 Å². The van der Waals surface area contributed by atoms with E-state index in [2.05, 4.69) is 11.9 Å². The van der Waals surface area contributed by atoms with E-state index in [1.807, 2.05) is 24.3 Å². The largest absolute Gasteiger partial charge is 0.486 e. The predicted octanol–water partition coefficient (Wildman–Crippen LogP) is 1.78. The Hall–Kier alpha value is -1.63. The van der Waals surface area contributed by atoms with Crippen LogP contribution in [0, 0.1) is 0 Å². The minimum Gasteiger partial charge on any atom is -0.486 e. The van der Waals surface area contributed by atoms with Crippen LogP contribution in [-0.4, -0.2) is 49.3 Å². The van der Waals surface area contributed by atoms with Gasteiger partial charge in [0.25, 0.3) is 0 Å². The van der Waals surface area contributed by atoms with E-state index in [1.165, 1.54) is 0 Å². The first-order chi connectivity index (χ1) is 10.1. The van der Waals surface area contributed by atoms with E-state index >= 15 is 0 Å². The summed E-state index contributed by atoms with van der Waals surface area (Å²) in [6, 6.07) is 7.63. The summed E-state index contributed by atoms with van der Waals surface area (Å²) in [5, 5.41) is 0.879. The topological polar surface area (TPSA) is 60.9 Å². The summed E-state index contributed by atoms with van der Waals surface area (Å²) < 4.78 is 17.3. The van der Waals surface area contributed by atoms with Crippen LogP contribution < -0.4 is 10.5 Å². The van der Waals surface area contributed by atoms with Gasteiger partial charge in [-0.2, -0.15) is 0 Å². The molecule has 0 aliphatic carbocycles. The molecule has 2 N–H and O–H groups in total. The highest BCUT2D eigenvalue weighted by Gasteiger charge is 2.22. The Balaban J connectivity index is 1.82. The van der Waals surface area contributed by atoms with Crippen molar-refractivity contribution in [3.05, 3.63) is 30.0 Å². The van der Waals surface area contributed by atoms with Crippen molar-refractivity contribution in [2.75, 3.05) is 33.4 Å². The van der Waals surface area contributed by atoms with E-state index in [0.717, 1.165) is 30.7 Å². The summed E-state index contributed by atoms with van der Waals surface area (Å²) in [5.74, 6) is 1.03. The highest BCUT2D eigenvalue weighted by molar-refractivity contribution is 7.80. The number of nitrogens with two attached hydrogens (primary N) is 1. The van der Waals surface area contributed by atoms with Crippen LogP contribution >= 0.6 is 12.2 Å². The van der Waals surface area contributed by atoms with Gasteiger partial charge in [0.15, 0.2) is 5.75 Å². The Bertz CT molecular complexity index is 655. The number of hydrogen-bond donors (Lipinski definition) is 1. The number of para-hydroxylation sites is 1. The van der Waals surface area contributed by atoms with Gasteiger partial charge in [-0.05, 0) is 19.2 Å². The Morgan fingerprint density at radius 2 is 2.29 bits per heavy atom. The summed E-state index contributed by atoms with van der Waals surface area (Å²) in [7, 11) is 2.07. The van der Waals surface area contributed by atoms with Gasteiger partial charge in [0, 0.05) is 13.1 Å². The molecule has 5 nitrogen and oxygen atoms in total. The molecular formula is C15H18N2O3S. The first-order valence-electron chi connectivity index (χ1n) is 6.89. The van der Waals surface area contributed by atoms with Crippen LogP contribution in [-0.2, 0) is 4.74 Å². The summed E-state index contributed by atoms with van der Waals surface area (Å²) in [5.41, 5.74) is 6.45. The van der Waals surface area contributed by atoms with E-state index in [4.69, 9.17) is 31.8 Å². The average molecular weight is 306 g/mol. The standard InChI is InChI=1S/C15H18N2O3S/c1-17-6-7-18-10(8-17)9-19-13-11-4-2-3-5-12(11)20-14(13)15(16)21/h2-5,10H,6-9H2,1H3,(H2,16,21). The SMILES string of the molecule is CN1CCOC(COc2c(C(N)=S)oc3ccccc23)C1. The molecular weight excluding hydrogens is 288 g/mol. The maximum Gasteiger partial charge on any atom is 0.204 e. The minimum atomic E-state index is 0.0385. The summed E-state index contributed by atoms with van der Waals surface area (Å²) in [4.78, 5) is 2.42. The number of furan rings is 1. The number of likely N-dealkylation sites (N-methyl/N-ethyl adjacent to an activating group) is 1. The Morgan fingerprint density at radius 3 is 3.05 bits per heavy atom. The average Bonchev–Trinajstić information content (AvgIpc) is 2.84. The second-order valence-electron chi connectivity index (χ2n) is 5.19. The molecule has 1 aliphatic heterocycles. The van der Waals surface area contributed by atoms with Gasteiger partial charge in [-0.15, -0.1) is 0 Å². The van der Waals surface area contributed by atoms with Gasteiger partial charge in [-0.1, -0.05) is 24.4 Å². The maximum atomic E-state index is 5.93. The molecule has 1 fully saturated rings. The molecule has 1 aromatic heterocycles. The van der Waals surface area contributed by atoms with Crippen molar-refractivity contribution in [3.8, 4) is 5.75 Å². The zero-order valence-corrected chi connectivity index (χ0v) is 12.7. The van der Waals surface area contributed by atoms with E-state index in [1.54, 1.807) is 0 Å². The minimum absolute atomic E-state index is 0.0385. The van der Waals surface area contributed by atoms with Crippen LogP contribution in [0.15, 0.2) is 28.7 Å². The zero-order chi connectivity index (χ0) is 14.8. The molecule has 0 saturated carbocycles. The van der Waals surface area contributed by atoms with Gasteiger partial charge in [-0.25, -0.2) is 0 Å². The van der Waals surface area contributed by atoms with Gasteiger partial charge in [0.2, 0.25) is 5.76 Å². The normalized spacial score (nSPS) is 19.8. The van der Waals surface area contributed by atoms with Crippen molar-refractivity contribution >= 4 is 28.2 Å². The number of ether oxygens (including phenoxy) is 2. The van der Waals surface area contributed by atoms with E-state index in [9.17, 15) is 0 Å². The lowest BCUT2D eigenvalue weighted by atomic mass is 10.2. The van der Waals surface area contributed by atoms with Crippen molar-refractivity contribution in [1.29, 1.82) is 0 Å².